The Hall–Kier alpha value is -2.96. The van der Waals surface area contributed by atoms with Gasteiger partial charge in [0.15, 0.2) is 18.1 Å². The molecule has 1 aromatic heterocycles. The molecule has 0 unspecified atom stereocenters. The van der Waals surface area contributed by atoms with Gasteiger partial charge in [-0.25, -0.2) is 4.79 Å². The molecule has 1 N–H and O–H groups in total. The zero-order valence-corrected chi connectivity index (χ0v) is 14.0. The fourth-order valence-corrected chi connectivity index (χ4v) is 2.48. The van der Waals surface area contributed by atoms with Gasteiger partial charge in [-0.15, -0.1) is 0 Å². The van der Waals surface area contributed by atoms with Crippen molar-refractivity contribution in [1.82, 2.24) is 5.32 Å². The smallest absolute Gasteiger partial charge is 0.342 e. The van der Waals surface area contributed by atoms with E-state index in [1.54, 1.807) is 26.0 Å². The number of carbonyl (C=O) groups is 2. The molecule has 132 valence electrons. The number of esters is 1. The van der Waals surface area contributed by atoms with Gasteiger partial charge in [0, 0.05) is 0 Å². The number of nitrogens with one attached hydrogen (secondary N) is 1. The summed E-state index contributed by atoms with van der Waals surface area (Å²) in [5.74, 6) is 1.41. The predicted octanol–water partition coefficient (Wildman–Crippen LogP) is 2.01. The van der Waals surface area contributed by atoms with E-state index in [1.807, 2.05) is 18.2 Å². The fraction of sp³-hybridized carbons (Fsp3) is 0.333. The quantitative estimate of drug-likeness (QED) is 0.834. The van der Waals surface area contributed by atoms with Gasteiger partial charge in [-0.05, 0) is 32.0 Å². The van der Waals surface area contributed by atoms with Crippen molar-refractivity contribution in [2.75, 3.05) is 19.8 Å². The summed E-state index contributed by atoms with van der Waals surface area (Å²) < 4.78 is 21.6. The molecule has 0 saturated heterocycles. The Balaban J connectivity index is 1.43. The van der Waals surface area contributed by atoms with Crippen LogP contribution in [0.2, 0.25) is 0 Å². The van der Waals surface area contributed by atoms with Crippen molar-refractivity contribution in [3.8, 4) is 11.5 Å². The second kappa shape index (κ2) is 7.29. The number of fused-ring (bicyclic) bond motifs is 1. The largest absolute Gasteiger partial charge is 0.486 e. The third kappa shape index (κ3) is 4.12. The second-order valence-corrected chi connectivity index (χ2v) is 5.70. The minimum Gasteiger partial charge on any atom is -0.486 e. The Morgan fingerprint density at radius 1 is 1.24 bits per heavy atom. The summed E-state index contributed by atoms with van der Waals surface area (Å²) in [6, 6.07) is 8.92. The van der Waals surface area contributed by atoms with Gasteiger partial charge in [0.05, 0.1) is 6.54 Å². The van der Waals surface area contributed by atoms with Crippen molar-refractivity contribution in [2.45, 2.75) is 20.0 Å². The molecule has 1 aliphatic heterocycles. The highest BCUT2D eigenvalue weighted by atomic mass is 16.6. The minimum absolute atomic E-state index is 0.258. The van der Waals surface area contributed by atoms with Gasteiger partial charge in [-0.2, -0.15) is 0 Å². The van der Waals surface area contributed by atoms with Crippen LogP contribution in [0.1, 0.15) is 21.9 Å². The average molecular weight is 345 g/mol. The molecule has 3 rings (SSSR count). The number of aryl methyl sites for hydroxylation is 2. The first kappa shape index (κ1) is 16.9. The maximum absolute atomic E-state index is 11.9. The Morgan fingerprint density at radius 2 is 2.00 bits per heavy atom. The SMILES string of the molecule is Cc1cc(C(=O)OCC(=O)NC[C@@H]2COc3ccccc3O2)c(C)o1. The van der Waals surface area contributed by atoms with Gasteiger partial charge >= 0.3 is 5.97 Å². The number of hydrogen-bond acceptors (Lipinski definition) is 6. The number of amides is 1. The van der Waals surface area contributed by atoms with Gasteiger partial charge in [0.2, 0.25) is 0 Å². The monoisotopic (exact) mass is 345 g/mol. The standard InChI is InChI=1S/C18H19NO6/c1-11-7-14(12(2)24-11)18(21)23-10-17(20)19-8-13-9-22-15-5-3-4-6-16(15)25-13/h3-7,13H,8-10H2,1-2H3,(H,19,20)/t13-/m1/s1. The highest BCUT2D eigenvalue weighted by molar-refractivity contribution is 5.92. The Bertz CT molecular complexity index is 782. The molecule has 7 heteroatoms. The van der Waals surface area contributed by atoms with Crippen LogP contribution in [0.15, 0.2) is 34.7 Å². The number of furan rings is 1. The molecular weight excluding hydrogens is 326 g/mol. The summed E-state index contributed by atoms with van der Waals surface area (Å²) in [4.78, 5) is 23.8. The predicted molar refractivity (Wildman–Crippen MR) is 87.8 cm³/mol. The Labute approximate surface area is 144 Å². The second-order valence-electron chi connectivity index (χ2n) is 5.70. The average Bonchev–Trinajstić information content (AvgIpc) is 2.96. The van der Waals surface area contributed by atoms with E-state index in [-0.39, 0.29) is 19.3 Å². The van der Waals surface area contributed by atoms with Gasteiger partial charge in [-0.1, -0.05) is 12.1 Å². The molecule has 25 heavy (non-hydrogen) atoms. The first-order valence-corrected chi connectivity index (χ1v) is 7.92. The normalized spacial score (nSPS) is 15.5. The molecule has 0 fully saturated rings. The van der Waals surface area contributed by atoms with E-state index < -0.39 is 11.9 Å². The number of carbonyl (C=O) groups excluding carboxylic acids is 2. The molecule has 0 radical (unpaired) electrons. The summed E-state index contributed by atoms with van der Waals surface area (Å²) in [5, 5.41) is 2.67. The molecule has 1 aliphatic rings. The molecule has 0 bridgehead atoms. The molecule has 0 saturated carbocycles. The molecule has 2 aromatic rings. The summed E-state index contributed by atoms with van der Waals surface area (Å²) in [6.45, 7) is 3.63. The number of benzene rings is 1. The molecule has 1 aromatic carbocycles. The highest BCUT2D eigenvalue weighted by Crippen LogP contribution is 2.30. The van der Waals surface area contributed by atoms with E-state index in [9.17, 15) is 9.59 Å². The summed E-state index contributed by atoms with van der Waals surface area (Å²) in [6.07, 6.45) is -0.298. The van der Waals surface area contributed by atoms with Crippen LogP contribution < -0.4 is 14.8 Å². The van der Waals surface area contributed by atoms with Crippen LogP contribution in [0, 0.1) is 13.8 Å². The maximum atomic E-state index is 11.9. The Kier molecular flexibility index (Phi) is 4.92. The van der Waals surface area contributed by atoms with E-state index in [0.29, 0.717) is 35.2 Å². The molecule has 0 spiro atoms. The van der Waals surface area contributed by atoms with Crippen LogP contribution in [0.25, 0.3) is 0 Å². The van der Waals surface area contributed by atoms with Crippen molar-refractivity contribution in [3.63, 3.8) is 0 Å². The van der Waals surface area contributed by atoms with Gasteiger partial charge in [-0.3, -0.25) is 4.79 Å². The lowest BCUT2D eigenvalue weighted by atomic mass is 10.2. The van der Waals surface area contributed by atoms with Crippen molar-refractivity contribution in [3.05, 3.63) is 47.4 Å². The highest BCUT2D eigenvalue weighted by Gasteiger charge is 2.21. The van der Waals surface area contributed by atoms with Crippen LogP contribution in [0.3, 0.4) is 0 Å². The van der Waals surface area contributed by atoms with E-state index in [0.717, 1.165) is 0 Å². The van der Waals surface area contributed by atoms with Crippen LogP contribution in [-0.2, 0) is 9.53 Å². The van der Waals surface area contributed by atoms with Gasteiger partial charge in [0.1, 0.15) is 29.8 Å². The van der Waals surface area contributed by atoms with Crippen LogP contribution in [0.5, 0.6) is 11.5 Å². The lowest BCUT2D eigenvalue weighted by Gasteiger charge is -2.26. The van der Waals surface area contributed by atoms with Gasteiger partial charge < -0.3 is 23.9 Å². The third-order valence-corrected chi connectivity index (χ3v) is 3.69. The van der Waals surface area contributed by atoms with E-state index >= 15 is 0 Å². The number of para-hydroxylation sites is 2. The molecule has 1 atom stereocenters. The van der Waals surface area contributed by atoms with Crippen molar-refractivity contribution < 1.29 is 28.2 Å². The first-order valence-electron chi connectivity index (χ1n) is 7.92. The third-order valence-electron chi connectivity index (χ3n) is 3.69. The number of rotatable bonds is 5. The van der Waals surface area contributed by atoms with Crippen LogP contribution in [-0.4, -0.2) is 37.7 Å². The molecule has 0 aliphatic carbocycles. The maximum Gasteiger partial charge on any atom is 0.342 e. The molecule has 7 nitrogen and oxygen atoms in total. The van der Waals surface area contributed by atoms with Gasteiger partial charge in [0.25, 0.3) is 5.91 Å². The summed E-state index contributed by atoms with van der Waals surface area (Å²) >= 11 is 0. The summed E-state index contributed by atoms with van der Waals surface area (Å²) in [7, 11) is 0. The first-order chi connectivity index (χ1) is 12.0. The zero-order valence-electron chi connectivity index (χ0n) is 14.0. The van der Waals surface area contributed by atoms with Crippen LogP contribution in [0.4, 0.5) is 0 Å². The lowest BCUT2D eigenvalue weighted by molar-refractivity contribution is -0.124. The number of hydrogen-bond donors (Lipinski definition) is 1. The van der Waals surface area contributed by atoms with E-state index in [4.69, 9.17) is 18.6 Å². The Morgan fingerprint density at radius 3 is 2.72 bits per heavy atom. The molecular formula is C18H19NO6. The topological polar surface area (TPSA) is 87.0 Å². The van der Waals surface area contributed by atoms with Crippen LogP contribution >= 0.6 is 0 Å². The van der Waals surface area contributed by atoms with E-state index in [1.165, 1.54) is 0 Å². The zero-order chi connectivity index (χ0) is 17.8. The molecule has 1 amide bonds. The summed E-state index contributed by atoms with van der Waals surface area (Å²) in [5.41, 5.74) is 0.325. The fourth-order valence-electron chi connectivity index (χ4n) is 2.48. The van der Waals surface area contributed by atoms with Crippen molar-refractivity contribution >= 4 is 11.9 Å². The minimum atomic E-state index is -0.587. The van der Waals surface area contributed by atoms with Crippen molar-refractivity contribution in [2.24, 2.45) is 0 Å². The number of ether oxygens (including phenoxy) is 3. The lowest BCUT2D eigenvalue weighted by Crippen LogP contribution is -2.42. The van der Waals surface area contributed by atoms with E-state index in [2.05, 4.69) is 5.32 Å². The van der Waals surface area contributed by atoms with Crippen molar-refractivity contribution in [1.29, 1.82) is 0 Å². The molecule has 2 heterocycles.